The fraction of sp³-hybridized carbons (Fsp3) is 0.267. The smallest absolute Gasteiger partial charge is 0.224 e. The second-order valence-electron chi connectivity index (χ2n) is 4.35. The first-order valence-corrected chi connectivity index (χ1v) is 6.80. The second kappa shape index (κ2) is 6.68. The molecule has 1 N–H and O–H groups in total. The molecule has 0 aliphatic heterocycles. The van der Waals surface area contributed by atoms with Gasteiger partial charge < -0.3 is 10.1 Å². The van der Waals surface area contributed by atoms with Gasteiger partial charge in [0.05, 0.1) is 5.02 Å². The predicted octanol–water partition coefficient (Wildman–Crippen LogP) is 4.34. The molecule has 2 rings (SSSR count). The van der Waals surface area contributed by atoms with Gasteiger partial charge in [0.15, 0.2) is 0 Å². The number of hydrogen-bond donors (Lipinski definition) is 1. The normalized spacial score (nSPS) is 12.2. The summed E-state index contributed by atoms with van der Waals surface area (Å²) in [6, 6.07) is 7.90. The van der Waals surface area contributed by atoms with Crippen LogP contribution in [0.5, 0.6) is 11.6 Å². The van der Waals surface area contributed by atoms with Crippen LogP contribution in [0.15, 0.2) is 36.5 Å². The molecule has 0 aliphatic carbocycles. The Bertz CT molecular complexity index is 592. The zero-order valence-electron chi connectivity index (χ0n) is 11.4. The molecule has 0 aliphatic rings. The van der Waals surface area contributed by atoms with E-state index in [4.69, 9.17) is 16.3 Å². The van der Waals surface area contributed by atoms with Gasteiger partial charge >= 0.3 is 0 Å². The highest BCUT2D eigenvalue weighted by molar-refractivity contribution is 6.32. The number of nitrogens with one attached hydrogen (secondary N) is 1. The van der Waals surface area contributed by atoms with Crippen LogP contribution in [-0.4, -0.2) is 11.5 Å². The van der Waals surface area contributed by atoms with Gasteiger partial charge in [-0.2, -0.15) is 0 Å². The minimum Gasteiger partial charge on any atom is -0.437 e. The third-order valence-corrected chi connectivity index (χ3v) is 3.17. The fourth-order valence-electron chi connectivity index (χ4n) is 1.90. The van der Waals surface area contributed by atoms with Gasteiger partial charge in [0, 0.05) is 17.8 Å². The van der Waals surface area contributed by atoms with E-state index in [2.05, 4.69) is 10.3 Å². The van der Waals surface area contributed by atoms with Crippen LogP contribution in [0.25, 0.3) is 0 Å². The highest BCUT2D eigenvalue weighted by Crippen LogP contribution is 2.32. The molecule has 0 radical (unpaired) electrons. The van der Waals surface area contributed by atoms with Crippen molar-refractivity contribution in [3.63, 3.8) is 0 Å². The van der Waals surface area contributed by atoms with Crippen LogP contribution in [-0.2, 0) is 0 Å². The van der Waals surface area contributed by atoms with E-state index in [-0.39, 0.29) is 11.1 Å². The van der Waals surface area contributed by atoms with Gasteiger partial charge in [-0.05, 0) is 37.7 Å². The van der Waals surface area contributed by atoms with E-state index in [1.54, 1.807) is 6.20 Å². The van der Waals surface area contributed by atoms with E-state index >= 15 is 0 Å². The van der Waals surface area contributed by atoms with Gasteiger partial charge in [0.25, 0.3) is 0 Å². The molecule has 5 heteroatoms. The summed E-state index contributed by atoms with van der Waals surface area (Å²) in [6.07, 6.45) is 1.65. The van der Waals surface area contributed by atoms with E-state index < -0.39 is 5.82 Å². The van der Waals surface area contributed by atoms with Gasteiger partial charge in [0.2, 0.25) is 5.88 Å². The lowest BCUT2D eigenvalue weighted by Crippen LogP contribution is -2.18. The number of nitrogens with zero attached hydrogens (tertiary/aromatic N) is 1. The van der Waals surface area contributed by atoms with Gasteiger partial charge in [0.1, 0.15) is 11.6 Å². The van der Waals surface area contributed by atoms with Crippen LogP contribution in [0, 0.1) is 5.82 Å². The first-order valence-electron chi connectivity index (χ1n) is 6.43. The maximum Gasteiger partial charge on any atom is 0.224 e. The van der Waals surface area contributed by atoms with Gasteiger partial charge in [-0.15, -0.1) is 0 Å². The number of rotatable bonds is 5. The summed E-state index contributed by atoms with van der Waals surface area (Å²) in [7, 11) is 0. The van der Waals surface area contributed by atoms with Gasteiger partial charge in [-0.1, -0.05) is 24.6 Å². The molecule has 1 unspecified atom stereocenters. The van der Waals surface area contributed by atoms with Crippen molar-refractivity contribution in [1.29, 1.82) is 0 Å². The van der Waals surface area contributed by atoms with Crippen molar-refractivity contribution < 1.29 is 9.13 Å². The third-order valence-electron chi connectivity index (χ3n) is 2.88. The molecule has 1 heterocycles. The number of halogens is 2. The summed E-state index contributed by atoms with van der Waals surface area (Å²) in [6.45, 7) is 4.90. The van der Waals surface area contributed by atoms with Crippen LogP contribution in [0.3, 0.4) is 0 Å². The largest absolute Gasteiger partial charge is 0.437 e. The van der Waals surface area contributed by atoms with Gasteiger partial charge in [-0.3, -0.25) is 0 Å². The van der Waals surface area contributed by atoms with E-state index in [9.17, 15) is 4.39 Å². The topological polar surface area (TPSA) is 34.2 Å². The summed E-state index contributed by atoms with van der Waals surface area (Å²) in [5.41, 5.74) is 0.926. The van der Waals surface area contributed by atoms with Crippen molar-refractivity contribution in [2.45, 2.75) is 19.9 Å². The van der Waals surface area contributed by atoms with Crippen LogP contribution >= 0.6 is 11.6 Å². The Balaban J connectivity index is 2.29. The van der Waals surface area contributed by atoms with Crippen molar-refractivity contribution in [2.24, 2.45) is 0 Å². The fourth-order valence-corrected chi connectivity index (χ4v) is 2.10. The molecule has 20 heavy (non-hydrogen) atoms. The van der Waals surface area contributed by atoms with Crippen LogP contribution < -0.4 is 10.1 Å². The molecule has 106 valence electrons. The molecular formula is C15H16ClFN2O. The minimum atomic E-state index is -0.399. The molecule has 0 bridgehead atoms. The van der Waals surface area contributed by atoms with E-state index in [0.29, 0.717) is 11.6 Å². The summed E-state index contributed by atoms with van der Waals surface area (Å²) < 4.78 is 18.7. The highest BCUT2D eigenvalue weighted by Gasteiger charge is 2.13. The molecule has 0 fully saturated rings. The third kappa shape index (κ3) is 3.46. The number of pyridine rings is 1. The van der Waals surface area contributed by atoms with Crippen molar-refractivity contribution >= 4 is 11.6 Å². The predicted molar refractivity (Wildman–Crippen MR) is 77.8 cm³/mol. The Kier molecular flexibility index (Phi) is 4.93. The average Bonchev–Trinajstić information content (AvgIpc) is 2.43. The molecule has 0 saturated heterocycles. The van der Waals surface area contributed by atoms with Crippen LogP contribution in [0.4, 0.5) is 4.39 Å². The Morgan fingerprint density at radius 1 is 1.40 bits per heavy atom. The minimum absolute atomic E-state index is 0.0999. The lowest BCUT2D eigenvalue weighted by Gasteiger charge is -2.16. The number of ether oxygens (including phenoxy) is 1. The highest BCUT2D eigenvalue weighted by atomic mass is 35.5. The SMILES string of the molecule is CCNC(C)c1cccnc1Oc1ccc(F)cc1Cl. The number of hydrogen-bond acceptors (Lipinski definition) is 3. The molecule has 1 aromatic heterocycles. The first-order chi connectivity index (χ1) is 9.61. The maximum absolute atomic E-state index is 13.0. The number of aromatic nitrogens is 1. The van der Waals surface area contributed by atoms with Crippen LogP contribution in [0.2, 0.25) is 5.02 Å². The zero-order chi connectivity index (χ0) is 14.5. The Morgan fingerprint density at radius 3 is 2.90 bits per heavy atom. The molecule has 3 nitrogen and oxygen atoms in total. The lowest BCUT2D eigenvalue weighted by atomic mass is 10.1. The molecule has 1 aromatic carbocycles. The molecule has 1 atom stereocenters. The van der Waals surface area contributed by atoms with Gasteiger partial charge in [-0.25, -0.2) is 9.37 Å². The molecule has 0 saturated carbocycles. The quantitative estimate of drug-likeness (QED) is 0.891. The van der Waals surface area contributed by atoms with Crippen molar-refractivity contribution in [1.82, 2.24) is 10.3 Å². The zero-order valence-corrected chi connectivity index (χ0v) is 12.1. The monoisotopic (exact) mass is 294 g/mol. The molecular weight excluding hydrogens is 279 g/mol. The Morgan fingerprint density at radius 2 is 2.20 bits per heavy atom. The first kappa shape index (κ1) is 14.8. The molecule has 0 amide bonds. The van der Waals surface area contributed by atoms with Crippen molar-refractivity contribution in [2.75, 3.05) is 6.54 Å². The molecule has 2 aromatic rings. The van der Waals surface area contributed by atoms with E-state index in [1.165, 1.54) is 18.2 Å². The molecule has 0 spiro atoms. The van der Waals surface area contributed by atoms with Crippen molar-refractivity contribution in [3.8, 4) is 11.6 Å². The summed E-state index contributed by atoms with van der Waals surface area (Å²) in [4.78, 5) is 4.23. The number of benzene rings is 1. The second-order valence-corrected chi connectivity index (χ2v) is 4.76. The maximum atomic E-state index is 13.0. The van der Waals surface area contributed by atoms with Crippen molar-refractivity contribution in [3.05, 3.63) is 52.9 Å². The Labute approximate surface area is 122 Å². The Hall–Kier alpha value is -1.65. The summed E-state index contributed by atoms with van der Waals surface area (Å²) >= 11 is 5.96. The average molecular weight is 295 g/mol. The van der Waals surface area contributed by atoms with E-state index in [0.717, 1.165) is 12.1 Å². The lowest BCUT2D eigenvalue weighted by molar-refractivity contribution is 0.443. The standard InChI is InChI=1S/C15H16ClFN2O/c1-3-18-10(2)12-5-4-8-19-15(12)20-14-7-6-11(17)9-13(14)16/h4-10,18H,3H2,1-2H3. The van der Waals surface area contributed by atoms with E-state index in [1.807, 2.05) is 26.0 Å². The van der Waals surface area contributed by atoms with Crippen LogP contribution in [0.1, 0.15) is 25.5 Å². The summed E-state index contributed by atoms with van der Waals surface area (Å²) in [5, 5.41) is 3.52. The summed E-state index contributed by atoms with van der Waals surface area (Å²) in [5.74, 6) is 0.454.